The number of piperidine rings is 1. The standard InChI is InChI=1S/C21H29N3O6S/c1-14(21(26)23(2)17-7-10-31(27,28)12-17)24-8-5-15(6-9-24)20(25)22-16-3-4-18-19(11-16)30-13-29-18/h3-4,11,14-15,17H,5-10,12-13H2,1-2H3,(H,22,25). The largest absolute Gasteiger partial charge is 0.454 e. The second-order valence-electron chi connectivity index (χ2n) is 8.55. The quantitative estimate of drug-likeness (QED) is 0.715. The number of hydrogen-bond acceptors (Lipinski definition) is 7. The van der Waals surface area contributed by atoms with Crippen molar-refractivity contribution in [2.75, 3.05) is 43.8 Å². The van der Waals surface area contributed by atoms with Gasteiger partial charge in [0.15, 0.2) is 21.3 Å². The molecule has 170 valence electrons. The van der Waals surface area contributed by atoms with Crippen molar-refractivity contribution in [1.29, 1.82) is 0 Å². The van der Waals surface area contributed by atoms with Crippen molar-refractivity contribution in [2.45, 2.75) is 38.3 Å². The predicted octanol–water partition coefficient (Wildman–Crippen LogP) is 1.10. The Kier molecular flexibility index (Phi) is 6.11. The van der Waals surface area contributed by atoms with Crippen LogP contribution in [-0.2, 0) is 19.4 Å². The number of sulfone groups is 1. The smallest absolute Gasteiger partial charge is 0.239 e. The minimum absolute atomic E-state index is 0.0363. The van der Waals surface area contributed by atoms with E-state index in [0.717, 1.165) is 0 Å². The van der Waals surface area contributed by atoms with Crippen molar-refractivity contribution in [3.05, 3.63) is 18.2 Å². The van der Waals surface area contributed by atoms with Crippen molar-refractivity contribution >= 4 is 27.3 Å². The molecule has 2 saturated heterocycles. The second kappa shape index (κ2) is 8.66. The molecule has 10 heteroatoms. The molecule has 2 unspecified atom stereocenters. The Bertz CT molecular complexity index is 958. The molecule has 3 aliphatic rings. The number of nitrogens with zero attached hydrogens (tertiary/aromatic N) is 2. The number of carbonyl (C=O) groups excluding carboxylic acids is 2. The van der Waals surface area contributed by atoms with E-state index in [0.29, 0.717) is 49.5 Å². The summed E-state index contributed by atoms with van der Waals surface area (Å²) in [6.45, 7) is 3.33. The van der Waals surface area contributed by atoms with Crippen LogP contribution in [0.15, 0.2) is 18.2 Å². The molecule has 3 heterocycles. The lowest BCUT2D eigenvalue weighted by Crippen LogP contribution is -2.52. The summed E-state index contributed by atoms with van der Waals surface area (Å²) < 4.78 is 34.1. The zero-order valence-electron chi connectivity index (χ0n) is 17.9. The molecule has 9 nitrogen and oxygen atoms in total. The third kappa shape index (κ3) is 4.79. The summed E-state index contributed by atoms with van der Waals surface area (Å²) in [4.78, 5) is 29.2. The minimum Gasteiger partial charge on any atom is -0.454 e. The maximum Gasteiger partial charge on any atom is 0.239 e. The monoisotopic (exact) mass is 451 g/mol. The van der Waals surface area contributed by atoms with Gasteiger partial charge in [-0.15, -0.1) is 0 Å². The highest BCUT2D eigenvalue weighted by molar-refractivity contribution is 7.91. The normalized spacial score (nSPS) is 24.0. The van der Waals surface area contributed by atoms with Gasteiger partial charge in [0.2, 0.25) is 18.6 Å². The summed E-state index contributed by atoms with van der Waals surface area (Å²) in [7, 11) is -1.35. The molecule has 1 aromatic carbocycles. The Morgan fingerprint density at radius 2 is 1.87 bits per heavy atom. The van der Waals surface area contributed by atoms with Crippen molar-refractivity contribution < 1.29 is 27.5 Å². The highest BCUT2D eigenvalue weighted by Crippen LogP contribution is 2.34. The van der Waals surface area contributed by atoms with Crippen LogP contribution in [0.2, 0.25) is 0 Å². The van der Waals surface area contributed by atoms with Crippen LogP contribution in [0.1, 0.15) is 26.2 Å². The van der Waals surface area contributed by atoms with Crippen LogP contribution in [0.4, 0.5) is 5.69 Å². The number of carbonyl (C=O) groups is 2. The summed E-state index contributed by atoms with van der Waals surface area (Å²) in [5, 5.41) is 2.95. The van der Waals surface area contributed by atoms with E-state index in [1.54, 1.807) is 30.1 Å². The molecule has 0 spiro atoms. The number of nitrogens with one attached hydrogen (secondary N) is 1. The first-order valence-corrected chi connectivity index (χ1v) is 12.5. The molecule has 2 amide bonds. The number of hydrogen-bond donors (Lipinski definition) is 1. The first-order chi connectivity index (χ1) is 14.7. The molecular formula is C21H29N3O6S. The summed E-state index contributed by atoms with van der Waals surface area (Å²) in [6, 6.07) is 4.74. The number of likely N-dealkylation sites (tertiary alicyclic amines) is 1. The van der Waals surface area contributed by atoms with Gasteiger partial charge in [-0.25, -0.2) is 8.42 Å². The molecule has 31 heavy (non-hydrogen) atoms. The number of benzene rings is 1. The zero-order valence-corrected chi connectivity index (χ0v) is 18.7. The van der Waals surface area contributed by atoms with Crippen LogP contribution >= 0.6 is 0 Å². The number of amides is 2. The van der Waals surface area contributed by atoms with Crippen molar-refractivity contribution in [2.24, 2.45) is 5.92 Å². The summed E-state index contributed by atoms with van der Waals surface area (Å²) >= 11 is 0. The average molecular weight is 452 g/mol. The fourth-order valence-electron chi connectivity index (χ4n) is 4.48. The van der Waals surface area contributed by atoms with Gasteiger partial charge in [0.1, 0.15) is 0 Å². The molecule has 4 rings (SSSR count). The minimum atomic E-state index is -3.04. The molecule has 2 atom stereocenters. The molecule has 0 bridgehead atoms. The van der Waals surface area contributed by atoms with E-state index < -0.39 is 9.84 Å². The topological polar surface area (TPSA) is 105 Å². The Hall–Kier alpha value is -2.33. The van der Waals surface area contributed by atoms with E-state index in [1.807, 2.05) is 6.92 Å². The van der Waals surface area contributed by atoms with Gasteiger partial charge in [-0.3, -0.25) is 14.5 Å². The maximum atomic E-state index is 12.9. The first-order valence-electron chi connectivity index (χ1n) is 10.6. The number of anilines is 1. The van der Waals surface area contributed by atoms with E-state index in [1.165, 1.54) is 0 Å². The highest BCUT2D eigenvalue weighted by Gasteiger charge is 2.36. The molecule has 3 aliphatic heterocycles. The lowest BCUT2D eigenvalue weighted by atomic mass is 9.94. The summed E-state index contributed by atoms with van der Waals surface area (Å²) in [6.07, 6.45) is 1.82. The fourth-order valence-corrected chi connectivity index (χ4v) is 6.25. The number of rotatable bonds is 5. The van der Waals surface area contributed by atoms with Crippen molar-refractivity contribution in [1.82, 2.24) is 9.80 Å². The lowest BCUT2D eigenvalue weighted by Gasteiger charge is -2.37. The molecule has 0 saturated carbocycles. The van der Waals surface area contributed by atoms with Crippen LogP contribution in [0.5, 0.6) is 11.5 Å². The Morgan fingerprint density at radius 3 is 2.55 bits per heavy atom. The molecule has 2 fully saturated rings. The van der Waals surface area contributed by atoms with E-state index in [-0.39, 0.29) is 48.1 Å². The van der Waals surface area contributed by atoms with Gasteiger partial charge in [0.25, 0.3) is 0 Å². The zero-order chi connectivity index (χ0) is 22.2. The van der Waals surface area contributed by atoms with Crippen LogP contribution in [0.3, 0.4) is 0 Å². The first kappa shape index (κ1) is 21.9. The van der Waals surface area contributed by atoms with Gasteiger partial charge in [-0.1, -0.05) is 0 Å². The number of fused-ring (bicyclic) bond motifs is 1. The average Bonchev–Trinajstić information content (AvgIpc) is 3.37. The lowest BCUT2D eigenvalue weighted by molar-refractivity contribution is -0.137. The van der Waals surface area contributed by atoms with Gasteiger partial charge in [0.05, 0.1) is 17.5 Å². The summed E-state index contributed by atoms with van der Waals surface area (Å²) in [5.41, 5.74) is 0.674. The highest BCUT2D eigenvalue weighted by atomic mass is 32.2. The Labute approximate surface area is 182 Å². The Morgan fingerprint density at radius 1 is 1.16 bits per heavy atom. The maximum absolute atomic E-state index is 12.9. The summed E-state index contributed by atoms with van der Waals surface area (Å²) in [5.74, 6) is 1.26. The van der Waals surface area contributed by atoms with Gasteiger partial charge in [-0.2, -0.15) is 0 Å². The molecule has 1 N–H and O–H groups in total. The molecule has 1 aromatic rings. The fraction of sp³-hybridized carbons (Fsp3) is 0.619. The van der Waals surface area contributed by atoms with Crippen LogP contribution in [0, 0.1) is 5.92 Å². The second-order valence-corrected chi connectivity index (χ2v) is 10.8. The third-order valence-electron chi connectivity index (χ3n) is 6.55. The van der Waals surface area contributed by atoms with Crippen LogP contribution in [-0.4, -0.2) is 80.6 Å². The van der Waals surface area contributed by atoms with Gasteiger partial charge in [0, 0.05) is 30.8 Å². The van der Waals surface area contributed by atoms with E-state index in [2.05, 4.69) is 10.2 Å². The van der Waals surface area contributed by atoms with Gasteiger partial charge in [-0.05, 0) is 51.4 Å². The van der Waals surface area contributed by atoms with Gasteiger partial charge < -0.3 is 19.7 Å². The van der Waals surface area contributed by atoms with Gasteiger partial charge >= 0.3 is 0 Å². The number of ether oxygens (including phenoxy) is 2. The van der Waals surface area contributed by atoms with Crippen molar-refractivity contribution in [3.63, 3.8) is 0 Å². The van der Waals surface area contributed by atoms with Crippen molar-refractivity contribution in [3.8, 4) is 11.5 Å². The molecule has 0 radical (unpaired) electrons. The van der Waals surface area contributed by atoms with Crippen LogP contribution < -0.4 is 14.8 Å². The van der Waals surface area contributed by atoms with E-state index in [9.17, 15) is 18.0 Å². The predicted molar refractivity (Wildman–Crippen MR) is 115 cm³/mol. The molecular weight excluding hydrogens is 422 g/mol. The van der Waals surface area contributed by atoms with Crippen LogP contribution in [0.25, 0.3) is 0 Å². The molecule has 0 aromatic heterocycles. The molecule has 0 aliphatic carbocycles. The SMILES string of the molecule is CC(C(=O)N(C)C1CCS(=O)(=O)C1)N1CCC(C(=O)Nc2ccc3c(c2)OCO3)CC1. The number of likely N-dealkylation sites (N-methyl/N-ethyl adjacent to an activating group) is 1. The van der Waals surface area contributed by atoms with E-state index in [4.69, 9.17) is 9.47 Å². The van der Waals surface area contributed by atoms with E-state index >= 15 is 0 Å². The Balaban J connectivity index is 1.27. The third-order valence-corrected chi connectivity index (χ3v) is 8.30.